The molecule has 1 rings (SSSR count). The zero-order valence-corrected chi connectivity index (χ0v) is 11.2. The third-order valence-electron chi connectivity index (χ3n) is 2.64. The molecule has 0 heterocycles. The van der Waals surface area contributed by atoms with Crippen molar-refractivity contribution < 1.29 is 9.59 Å². The number of nitrogens with zero attached hydrogens (tertiary/aromatic N) is 1. The lowest BCUT2D eigenvalue weighted by Gasteiger charge is -2.17. The van der Waals surface area contributed by atoms with E-state index in [-0.39, 0.29) is 18.4 Å². The molecule has 5 heteroatoms. The number of nitrogen functional groups attached to an aromatic ring is 1. The van der Waals surface area contributed by atoms with Gasteiger partial charge in [0.1, 0.15) is 0 Å². The lowest BCUT2D eigenvalue weighted by Crippen LogP contribution is -2.38. The summed E-state index contributed by atoms with van der Waals surface area (Å²) in [6.07, 6.45) is 3.13. The minimum absolute atomic E-state index is 0.0626. The van der Waals surface area contributed by atoms with Gasteiger partial charge in [-0.05, 0) is 30.7 Å². The van der Waals surface area contributed by atoms with Crippen LogP contribution in [0.3, 0.4) is 0 Å². The molecule has 0 bridgehead atoms. The molecule has 2 amide bonds. The summed E-state index contributed by atoms with van der Waals surface area (Å²) < 4.78 is 0. The van der Waals surface area contributed by atoms with Crippen LogP contribution in [0.5, 0.6) is 0 Å². The quantitative estimate of drug-likeness (QED) is 0.610. The zero-order chi connectivity index (χ0) is 14.3. The Kier molecular flexibility index (Phi) is 5.60. The van der Waals surface area contributed by atoms with Crippen LogP contribution in [0.25, 0.3) is 6.08 Å². The first-order valence-corrected chi connectivity index (χ1v) is 6.10. The number of likely N-dealkylation sites (N-methyl/N-ethyl adjacent to an activating group) is 2. The average Bonchev–Trinajstić information content (AvgIpc) is 2.41. The van der Waals surface area contributed by atoms with E-state index in [1.807, 2.05) is 19.1 Å². The molecular formula is C14H19N3O2. The number of carbonyl (C=O) groups excluding carboxylic acids is 2. The van der Waals surface area contributed by atoms with E-state index >= 15 is 0 Å². The summed E-state index contributed by atoms with van der Waals surface area (Å²) in [6.45, 7) is 2.37. The van der Waals surface area contributed by atoms with E-state index in [1.54, 1.807) is 25.3 Å². The molecule has 0 unspecified atom stereocenters. The first-order chi connectivity index (χ1) is 9.06. The maximum Gasteiger partial charge on any atom is 0.247 e. The molecule has 0 aliphatic rings. The number of hydrogen-bond acceptors (Lipinski definition) is 3. The third kappa shape index (κ3) is 4.83. The van der Waals surface area contributed by atoms with Crippen LogP contribution < -0.4 is 11.1 Å². The second kappa shape index (κ2) is 7.20. The van der Waals surface area contributed by atoms with E-state index in [4.69, 9.17) is 5.73 Å². The van der Waals surface area contributed by atoms with Crippen molar-refractivity contribution in [3.63, 3.8) is 0 Å². The Bertz CT molecular complexity index is 483. The highest BCUT2D eigenvalue weighted by Crippen LogP contribution is 2.08. The molecule has 5 nitrogen and oxygen atoms in total. The topological polar surface area (TPSA) is 75.4 Å². The monoisotopic (exact) mass is 261 g/mol. The van der Waals surface area contributed by atoms with Gasteiger partial charge in [-0.1, -0.05) is 12.1 Å². The number of benzene rings is 1. The van der Waals surface area contributed by atoms with E-state index in [9.17, 15) is 9.59 Å². The van der Waals surface area contributed by atoms with Crippen molar-refractivity contribution in [2.75, 3.05) is 25.9 Å². The average molecular weight is 261 g/mol. The molecule has 0 aliphatic heterocycles. The van der Waals surface area contributed by atoms with Crippen LogP contribution in [-0.4, -0.2) is 36.9 Å². The summed E-state index contributed by atoms with van der Waals surface area (Å²) in [4.78, 5) is 24.6. The van der Waals surface area contributed by atoms with Gasteiger partial charge in [0.15, 0.2) is 0 Å². The molecule has 102 valence electrons. The van der Waals surface area contributed by atoms with Crippen molar-refractivity contribution >= 4 is 23.6 Å². The van der Waals surface area contributed by atoms with Gasteiger partial charge in [0, 0.05) is 25.4 Å². The Morgan fingerprint density at radius 1 is 1.42 bits per heavy atom. The van der Waals surface area contributed by atoms with E-state index in [0.29, 0.717) is 12.2 Å². The summed E-state index contributed by atoms with van der Waals surface area (Å²) in [6, 6.07) is 7.23. The number of nitrogens with two attached hydrogens (primary N) is 1. The molecule has 0 fully saturated rings. The van der Waals surface area contributed by atoms with Gasteiger partial charge >= 0.3 is 0 Å². The minimum Gasteiger partial charge on any atom is -0.399 e. The highest BCUT2D eigenvalue weighted by molar-refractivity contribution is 5.94. The molecular weight excluding hydrogens is 242 g/mol. The smallest absolute Gasteiger partial charge is 0.247 e. The van der Waals surface area contributed by atoms with E-state index in [0.717, 1.165) is 5.56 Å². The molecule has 0 aliphatic carbocycles. The van der Waals surface area contributed by atoms with Gasteiger partial charge < -0.3 is 16.0 Å². The number of nitrogens with one attached hydrogen (secondary N) is 1. The Morgan fingerprint density at radius 3 is 2.74 bits per heavy atom. The van der Waals surface area contributed by atoms with Crippen LogP contribution in [0, 0.1) is 0 Å². The molecule has 3 N–H and O–H groups in total. The van der Waals surface area contributed by atoms with Gasteiger partial charge in [-0.3, -0.25) is 9.59 Å². The molecule has 0 saturated heterocycles. The molecule has 19 heavy (non-hydrogen) atoms. The predicted molar refractivity (Wildman–Crippen MR) is 76.2 cm³/mol. The van der Waals surface area contributed by atoms with Gasteiger partial charge in [0.2, 0.25) is 11.8 Å². The van der Waals surface area contributed by atoms with Crippen LogP contribution in [-0.2, 0) is 9.59 Å². The number of rotatable bonds is 5. The number of amides is 2. The molecule has 1 aromatic carbocycles. The van der Waals surface area contributed by atoms with Crippen molar-refractivity contribution in [1.82, 2.24) is 10.2 Å². The fraction of sp³-hybridized carbons (Fsp3) is 0.286. The fourth-order valence-electron chi connectivity index (χ4n) is 1.53. The molecule has 0 spiro atoms. The first kappa shape index (κ1) is 14.8. The molecule has 0 saturated carbocycles. The van der Waals surface area contributed by atoms with Crippen molar-refractivity contribution in [2.45, 2.75) is 6.92 Å². The minimum atomic E-state index is -0.200. The van der Waals surface area contributed by atoms with E-state index in [1.165, 1.54) is 11.0 Å². The fourth-order valence-corrected chi connectivity index (χ4v) is 1.53. The summed E-state index contributed by atoms with van der Waals surface area (Å²) in [7, 11) is 1.54. The Hall–Kier alpha value is -2.30. The van der Waals surface area contributed by atoms with Gasteiger partial charge in [0.25, 0.3) is 0 Å². The van der Waals surface area contributed by atoms with Crippen LogP contribution in [0.2, 0.25) is 0 Å². The second-order valence-corrected chi connectivity index (χ2v) is 4.03. The molecule has 0 atom stereocenters. The molecule has 1 aromatic rings. The molecule has 0 aromatic heterocycles. The van der Waals surface area contributed by atoms with Crippen molar-refractivity contribution in [2.24, 2.45) is 0 Å². The van der Waals surface area contributed by atoms with Crippen LogP contribution in [0.1, 0.15) is 12.5 Å². The second-order valence-electron chi connectivity index (χ2n) is 4.03. The Labute approximate surface area is 113 Å². The standard InChI is InChI=1S/C14H19N3O2/c1-3-17(10-13(18)16-2)14(19)8-7-11-5-4-6-12(15)9-11/h4-9H,3,10,15H2,1-2H3,(H,16,18)/b8-7+. The van der Waals surface area contributed by atoms with Gasteiger partial charge in [-0.15, -0.1) is 0 Å². The largest absolute Gasteiger partial charge is 0.399 e. The number of hydrogen-bond donors (Lipinski definition) is 2. The summed E-state index contributed by atoms with van der Waals surface area (Å²) in [5.41, 5.74) is 7.15. The highest BCUT2D eigenvalue weighted by atomic mass is 16.2. The number of carbonyl (C=O) groups is 2. The van der Waals surface area contributed by atoms with Crippen molar-refractivity contribution in [3.05, 3.63) is 35.9 Å². The van der Waals surface area contributed by atoms with Crippen LogP contribution in [0.15, 0.2) is 30.3 Å². The summed E-state index contributed by atoms with van der Waals surface area (Å²) in [5.74, 6) is -0.388. The third-order valence-corrected chi connectivity index (χ3v) is 2.64. The predicted octanol–water partition coefficient (Wildman–Crippen LogP) is 0.876. The zero-order valence-electron chi connectivity index (χ0n) is 11.2. The summed E-state index contributed by atoms with van der Waals surface area (Å²) in [5, 5.41) is 2.49. The van der Waals surface area contributed by atoms with Crippen LogP contribution in [0.4, 0.5) is 5.69 Å². The molecule has 0 radical (unpaired) electrons. The normalized spacial score (nSPS) is 10.4. The lowest BCUT2D eigenvalue weighted by atomic mass is 10.2. The maximum atomic E-state index is 11.9. The van der Waals surface area contributed by atoms with E-state index < -0.39 is 0 Å². The first-order valence-electron chi connectivity index (χ1n) is 6.10. The SMILES string of the molecule is CCN(CC(=O)NC)C(=O)/C=C/c1cccc(N)c1. The maximum absolute atomic E-state index is 11.9. The van der Waals surface area contributed by atoms with Crippen molar-refractivity contribution in [3.8, 4) is 0 Å². The highest BCUT2D eigenvalue weighted by Gasteiger charge is 2.11. The van der Waals surface area contributed by atoms with Crippen LogP contribution >= 0.6 is 0 Å². The lowest BCUT2D eigenvalue weighted by molar-refractivity contribution is -0.131. The van der Waals surface area contributed by atoms with E-state index in [2.05, 4.69) is 5.32 Å². The van der Waals surface area contributed by atoms with Gasteiger partial charge in [-0.25, -0.2) is 0 Å². The van der Waals surface area contributed by atoms with Gasteiger partial charge in [0.05, 0.1) is 6.54 Å². The number of anilines is 1. The Morgan fingerprint density at radius 2 is 2.16 bits per heavy atom. The summed E-state index contributed by atoms with van der Waals surface area (Å²) >= 11 is 0. The Balaban J connectivity index is 2.69. The van der Waals surface area contributed by atoms with Crippen molar-refractivity contribution in [1.29, 1.82) is 0 Å². The van der Waals surface area contributed by atoms with Gasteiger partial charge in [-0.2, -0.15) is 0 Å².